The highest BCUT2D eigenvalue weighted by atomic mass is 32.2. The number of carbonyl (C=O) groups excluding carboxylic acids is 2. The van der Waals surface area contributed by atoms with Crippen LogP contribution in [0.2, 0.25) is 0 Å². The van der Waals surface area contributed by atoms with E-state index >= 15 is 0 Å². The van der Waals surface area contributed by atoms with Crippen molar-refractivity contribution < 1.29 is 27.5 Å². The molecule has 1 rings (SSSR count). The SMILES string of the molecule is CCS(=O)CC.CCS(=O)CC[C@@H]1OC(=O)COC1=O. The molecule has 20 heavy (non-hydrogen) atoms. The molecule has 0 spiro atoms. The first-order valence-electron chi connectivity index (χ1n) is 6.50. The molecule has 1 heterocycles. The minimum absolute atomic E-state index is 0.269. The number of hydrogen-bond donors (Lipinski definition) is 0. The summed E-state index contributed by atoms with van der Waals surface area (Å²) in [4.78, 5) is 21.8. The summed E-state index contributed by atoms with van der Waals surface area (Å²) in [7, 11) is -1.49. The van der Waals surface area contributed by atoms with E-state index in [0.717, 1.165) is 11.5 Å². The van der Waals surface area contributed by atoms with Gasteiger partial charge in [-0.3, -0.25) is 8.42 Å². The average Bonchev–Trinajstić information content (AvgIpc) is 2.47. The van der Waals surface area contributed by atoms with E-state index in [9.17, 15) is 18.0 Å². The van der Waals surface area contributed by atoms with Gasteiger partial charge in [0.15, 0.2) is 12.7 Å². The molecule has 0 aliphatic carbocycles. The van der Waals surface area contributed by atoms with E-state index in [4.69, 9.17) is 4.74 Å². The van der Waals surface area contributed by atoms with Gasteiger partial charge in [-0.1, -0.05) is 20.8 Å². The molecule has 1 aliphatic heterocycles. The third-order valence-corrected chi connectivity index (χ3v) is 5.07. The van der Waals surface area contributed by atoms with Gasteiger partial charge in [0.1, 0.15) is 0 Å². The molecule has 6 nitrogen and oxygen atoms in total. The minimum atomic E-state index is -0.954. The Morgan fingerprint density at radius 3 is 2.05 bits per heavy atom. The van der Waals surface area contributed by atoms with Crippen molar-refractivity contribution >= 4 is 33.5 Å². The van der Waals surface area contributed by atoms with Crippen LogP contribution in [0.3, 0.4) is 0 Å². The van der Waals surface area contributed by atoms with Crippen LogP contribution in [0.15, 0.2) is 0 Å². The maximum Gasteiger partial charge on any atom is 0.348 e. The van der Waals surface area contributed by atoms with Crippen LogP contribution < -0.4 is 0 Å². The van der Waals surface area contributed by atoms with E-state index in [0.29, 0.717) is 11.5 Å². The Morgan fingerprint density at radius 1 is 1.05 bits per heavy atom. The molecule has 0 radical (unpaired) electrons. The molecule has 0 saturated carbocycles. The lowest BCUT2D eigenvalue weighted by Gasteiger charge is -2.20. The number of carbonyl (C=O) groups is 2. The summed E-state index contributed by atoms with van der Waals surface area (Å²) in [6, 6.07) is 0. The van der Waals surface area contributed by atoms with Gasteiger partial charge >= 0.3 is 11.9 Å². The van der Waals surface area contributed by atoms with Gasteiger partial charge in [-0.2, -0.15) is 0 Å². The first-order chi connectivity index (χ1) is 9.44. The zero-order chi connectivity index (χ0) is 15.5. The Balaban J connectivity index is 0.000000511. The zero-order valence-electron chi connectivity index (χ0n) is 12.1. The van der Waals surface area contributed by atoms with Crippen LogP contribution in [0.4, 0.5) is 0 Å². The molecule has 1 aliphatic rings. The molecule has 1 saturated heterocycles. The van der Waals surface area contributed by atoms with Crippen LogP contribution in [0.1, 0.15) is 27.2 Å². The fourth-order valence-electron chi connectivity index (χ4n) is 1.23. The summed E-state index contributed by atoms with van der Waals surface area (Å²) >= 11 is 0. The first-order valence-corrected chi connectivity index (χ1v) is 9.48. The van der Waals surface area contributed by atoms with Gasteiger partial charge < -0.3 is 9.47 Å². The summed E-state index contributed by atoms with van der Waals surface area (Å²) in [6.45, 7) is 5.34. The molecule has 0 bridgehead atoms. The second-order valence-corrected chi connectivity index (χ2v) is 7.72. The van der Waals surface area contributed by atoms with Crippen LogP contribution in [0.5, 0.6) is 0 Å². The van der Waals surface area contributed by atoms with E-state index < -0.39 is 39.6 Å². The largest absolute Gasteiger partial charge is 0.451 e. The quantitative estimate of drug-likeness (QED) is 0.656. The summed E-state index contributed by atoms with van der Waals surface area (Å²) in [6.07, 6.45) is -0.600. The molecule has 2 atom stereocenters. The summed E-state index contributed by atoms with van der Waals surface area (Å²) < 4.78 is 30.7. The topological polar surface area (TPSA) is 86.7 Å². The molecule has 0 aromatic heterocycles. The second-order valence-electron chi connectivity index (χ2n) is 3.82. The van der Waals surface area contributed by atoms with Crippen LogP contribution in [-0.2, 0) is 40.7 Å². The third-order valence-electron chi connectivity index (χ3n) is 2.44. The van der Waals surface area contributed by atoms with Crippen molar-refractivity contribution in [3.05, 3.63) is 0 Å². The molecule has 0 amide bonds. The van der Waals surface area contributed by atoms with Gasteiger partial charge in [0.05, 0.1) is 0 Å². The predicted octanol–water partition coefficient (Wildman–Crippen LogP) is 0.389. The molecule has 0 N–H and O–H groups in total. The highest BCUT2D eigenvalue weighted by molar-refractivity contribution is 7.85. The van der Waals surface area contributed by atoms with E-state index in [1.54, 1.807) is 6.92 Å². The highest BCUT2D eigenvalue weighted by Crippen LogP contribution is 2.08. The number of esters is 2. The van der Waals surface area contributed by atoms with Crippen molar-refractivity contribution in [3.63, 3.8) is 0 Å². The third kappa shape index (κ3) is 8.42. The zero-order valence-corrected chi connectivity index (χ0v) is 13.7. The standard InChI is InChI=1S/C8H12O5S.C4H10OS/c1-2-14(11)4-3-6-8(10)12-5-7(9)13-6;1-3-6(5)4-2/h6H,2-5H2,1H3;3-4H2,1-2H3/t6-,14?;/m0./s1. The number of hydrogen-bond acceptors (Lipinski definition) is 6. The van der Waals surface area contributed by atoms with Crippen molar-refractivity contribution in [2.24, 2.45) is 0 Å². The van der Waals surface area contributed by atoms with Gasteiger partial charge in [0.25, 0.3) is 0 Å². The Bertz CT molecular complexity index is 363. The lowest BCUT2D eigenvalue weighted by molar-refractivity contribution is -0.184. The number of cyclic esters (lactones) is 2. The minimum Gasteiger partial charge on any atom is -0.451 e. The van der Waals surface area contributed by atoms with Crippen LogP contribution in [-0.4, -0.2) is 56.1 Å². The van der Waals surface area contributed by atoms with Crippen LogP contribution in [0, 0.1) is 0 Å². The Labute approximate surface area is 124 Å². The monoisotopic (exact) mass is 326 g/mol. The normalized spacial score (nSPS) is 19.7. The summed E-state index contributed by atoms with van der Waals surface area (Å²) in [5.41, 5.74) is 0. The van der Waals surface area contributed by atoms with Gasteiger partial charge in [-0.05, 0) is 0 Å². The molecule has 1 fully saturated rings. The molecule has 118 valence electrons. The Morgan fingerprint density at radius 2 is 1.60 bits per heavy atom. The molecule has 8 heteroatoms. The fourth-order valence-corrected chi connectivity index (χ4v) is 2.40. The lowest BCUT2D eigenvalue weighted by Crippen LogP contribution is -2.38. The van der Waals surface area contributed by atoms with Crippen molar-refractivity contribution in [2.75, 3.05) is 29.6 Å². The second kappa shape index (κ2) is 11.0. The van der Waals surface area contributed by atoms with Gasteiger partial charge in [-0.15, -0.1) is 0 Å². The molecule has 0 aromatic carbocycles. The predicted molar refractivity (Wildman–Crippen MR) is 78.2 cm³/mol. The molecule has 0 aromatic rings. The Hall–Kier alpha value is -0.760. The Kier molecular flexibility index (Phi) is 10.5. The molecular formula is C12H22O6S2. The average molecular weight is 326 g/mol. The van der Waals surface area contributed by atoms with E-state index in [1.165, 1.54) is 0 Å². The van der Waals surface area contributed by atoms with E-state index in [2.05, 4.69) is 4.74 Å². The van der Waals surface area contributed by atoms with Gasteiger partial charge in [-0.25, -0.2) is 9.59 Å². The summed E-state index contributed by atoms with van der Waals surface area (Å²) in [5.74, 6) is 1.40. The smallest absolute Gasteiger partial charge is 0.348 e. The fraction of sp³-hybridized carbons (Fsp3) is 0.833. The maximum absolute atomic E-state index is 11.1. The maximum atomic E-state index is 11.1. The van der Waals surface area contributed by atoms with Crippen molar-refractivity contribution in [1.82, 2.24) is 0 Å². The van der Waals surface area contributed by atoms with Crippen molar-refractivity contribution in [2.45, 2.75) is 33.3 Å². The van der Waals surface area contributed by atoms with Gasteiger partial charge in [0, 0.05) is 51.0 Å². The van der Waals surface area contributed by atoms with Crippen LogP contribution >= 0.6 is 0 Å². The number of ether oxygens (including phenoxy) is 2. The summed E-state index contributed by atoms with van der Waals surface area (Å²) in [5, 5.41) is 0. The molecule has 1 unspecified atom stereocenters. The molecular weight excluding hydrogens is 304 g/mol. The number of rotatable bonds is 6. The van der Waals surface area contributed by atoms with Crippen molar-refractivity contribution in [1.29, 1.82) is 0 Å². The lowest BCUT2D eigenvalue weighted by atomic mass is 10.2. The highest BCUT2D eigenvalue weighted by Gasteiger charge is 2.30. The van der Waals surface area contributed by atoms with Crippen LogP contribution in [0.25, 0.3) is 0 Å². The van der Waals surface area contributed by atoms with E-state index in [1.807, 2.05) is 13.8 Å². The van der Waals surface area contributed by atoms with E-state index in [-0.39, 0.29) is 13.0 Å². The first kappa shape index (κ1) is 19.2. The van der Waals surface area contributed by atoms with Crippen molar-refractivity contribution in [3.8, 4) is 0 Å². The van der Waals surface area contributed by atoms with Gasteiger partial charge in [0.2, 0.25) is 0 Å².